The molecular weight excluding hydrogens is 374 g/mol. The first-order chi connectivity index (χ1) is 13.0. The number of aromatic nitrogens is 1. The number of fused-ring (bicyclic) bond motifs is 1. The number of nitrogens with zero attached hydrogens (tertiary/aromatic N) is 1. The Bertz CT molecular complexity index is 889. The van der Waals surface area contributed by atoms with Crippen molar-refractivity contribution in [1.29, 1.82) is 0 Å². The Balaban J connectivity index is 1.59. The normalized spacial score (nSPS) is 11.7. The van der Waals surface area contributed by atoms with Crippen molar-refractivity contribution in [3.63, 3.8) is 0 Å². The summed E-state index contributed by atoms with van der Waals surface area (Å²) in [7, 11) is 0. The number of rotatable bonds is 7. The lowest BCUT2D eigenvalue weighted by atomic mass is 10.3. The molecule has 0 spiro atoms. The van der Waals surface area contributed by atoms with Crippen molar-refractivity contribution >= 4 is 35.2 Å². The van der Waals surface area contributed by atoms with Gasteiger partial charge in [-0.2, -0.15) is 0 Å². The zero-order valence-electron chi connectivity index (χ0n) is 14.0. The van der Waals surface area contributed by atoms with Crippen LogP contribution >= 0.6 is 11.8 Å². The van der Waals surface area contributed by atoms with Crippen LogP contribution in [0.5, 0.6) is 11.5 Å². The number of hydrogen-bond donors (Lipinski definition) is 2. The van der Waals surface area contributed by atoms with E-state index in [-0.39, 0.29) is 24.0 Å². The SMILES string of the molecule is NC(=O)COC(=O)c1cccnc1SCC(=O)Nc1ccc2c(c1)OCO2. The third-order valence-corrected chi connectivity index (χ3v) is 4.34. The Labute approximate surface area is 158 Å². The molecule has 9 nitrogen and oxygen atoms in total. The number of anilines is 1. The summed E-state index contributed by atoms with van der Waals surface area (Å²) in [4.78, 5) is 39.0. The van der Waals surface area contributed by atoms with E-state index < -0.39 is 18.5 Å². The van der Waals surface area contributed by atoms with Crippen LogP contribution in [0, 0.1) is 0 Å². The van der Waals surface area contributed by atoms with E-state index in [1.165, 1.54) is 12.3 Å². The van der Waals surface area contributed by atoms with Crippen molar-refractivity contribution in [2.75, 3.05) is 24.5 Å². The molecule has 0 aliphatic carbocycles. The van der Waals surface area contributed by atoms with E-state index in [9.17, 15) is 14.4 Å². The molecule has 1 aromatic carbocycles. The van der Waals surface area contributed by atoms with Gasteiger partial charge in [-0.3, -0.25) is 9.59 Å². The maximum absolute atomic E-state index is 12.2. The van der Waals surface area contributed by atoms with Crippen LogP contribution in [0.25, 0.3) is 0 Å². The van der Waals surface area contributed by atoms with Gasteiger partial charge in [0.05, 0.1) is 11.3 Å². The maximum Gasteiger partial charge on any atom is 0.341 e. The summed E-state index contributed by atoms with van der Waals surface area (Å²) in [6.07, 6.45) is 1.49. The fourth-order valence-electron chi connectivity index (χ4n) is 2.18. The number of benzene rings is 1. The number of ether oxygens (including phenoxy) is 3. The molecule has 0 radical (unpaired) electrons. The second-order valence-corrected chi connectivity index (χ2v) is 6.27. The molecule has 0 atom stereocenters. The van der Waals surface area contributed by atoms with Gasteiger partial charge in [0.25, 0.3) is 5.91 Å². The number of nitrogens with one attached hydrogen (secondary N) is 1. The predicted molar refractivity (Wildman–Crippen MR) is 95.6 cm³/mol. The largest absolute Gasteiger partial charge is 0.454 e. The van der Waals surface area contributed by atoms with Gasteiger partial charge in [0, 0.05) is 18.0 Å². The smallest absolute Gasteiger partial charge is 0.341 e. The summed E-state index contributed by atoms with van der Waals surface area (Å²) in [5, 5.41) is 3.04. The third kappa shape index (κ3) is 4.88. The monoisotopic (exact) mass is 389 g/mol. The van der Waals surface area contributed by atoms with Crippen LogP contribution in [-0.4, -0.2) is 41.9 Å². The molecule has 1 aliphatic heterocycles. The van der Waals surface area contributed by atoms with Gasteiger partial charge in [-0.05, 0) is 24.3 Å². The van der Waals surface area contributed by atoms with Crippen LogP contribution in [0.1, 0.15) is 10.4 Å². The molecule has 2 amide bonds. The Morgan fingerprint density at radius 1 is 1.22 bits per heavy atom. The van der Waals surface area contributed by atoms with E-state index in [1.54, 1.807) is 24.3 Å². The van der Waals surface area contributed by atoms with Crippen molar-refractivity contribution in [2.45, 2.75) is 5.03 Å². The second-order valence-electron chi connectivity index (χ2n) is 5.30. The molecule has 0 saturated heterocycles. The molecule has 1 aliphatic rings. The Morgan fingerprint density at radius 2 is 2.04 bits per heavy atom. The van der Waals surface area contributed by atoms with E-state index in [0.717, 1.165) is 11.8 Å². The topological polar surface area (TPSA) is 130 Å². The van der Waals surface area contributed by atoms with Crippen LogP contribution in [0.4, 0.5) is 5.69 Å². The summed E-state index contributed by atoms with van der Waals surface area (Å²) in [5.74, 6) is -0.590. The summed E-state index contributed by atoms with van der Waals surface area (Å²) >= 11 is 1.07. The molecule has 1 aromatic heterocycles. The van der Waals surface area contributed by atoms with Crippen molar-refractivity contribution < 1.29 is 28.6 Å². The zero-order chi connectivity index (χ0) is 19.2. The number of carbonyl (C=O) groups excluding carboxylic acids is 3. The van der Waals surface area contributed by atoms with Crippen LogP contribution in [-0.2, 0) is 14.3 Å². The van der Waals surface area contributed by atoms with Crippen LogP contribution < -0.4 is 20.5 Å². The quantitative estimate of drug-likeness (QED) is 0.533. The first kappa shape index (κ1) is 18.5. The molecule has 3 rings (SSSR count). The van der Waals surface area contributed by atoms with E-state index in [2.05, 4.69) is 10.3 Å². The van der Waals surface area contributed by atoms with Crippen molar-refractivity contribution in [3.8, 4) is 11.5 Å². The highest BCUT2D eigenvalue weighted by atomic mass is 32.2. The minimum Gasteiger partial charge on any atom is -0.454 e. The van der Waals surface area contributed by atoms with Gasteiger partial charge < -0.3 is 25.3 Å². The Hall–Kier alpha value is -3.27. The molecule has 10 heteroatoms. The van der Waals surface area contributed by atoms with Gasteiger partial charge >= 0.3 is 5.97 Å². The van der Waals surface area contributed by atoms with Gasteiger partial charge in [0.15, 0.2) is 18.1 Å². The highest BCUT2D eigenvalue weighted by molar-refractivity contribution is 8.00. The molecular formula is C17H15N3O6S. The molecule has 2 heterocycles. The number of carbonyl (C=O) groups is 3. The van der Waals surface area contributed by atoms with Crippen LogP contribution in [0.2, 0.25) is 0 Å². The Kier molecular flexibility index (Phi) is 5.77. The summed E-state index contributed by atoms with van der Waals surface area (Å²) in [5.41, 5.74) is 5.67. The van der Waals surface area contributed by atoms with Crippen LogP contribution in [0.3, 0.4) is 0 Å². The number of nitrogens with two attached hydrogens (primary N) is 1. The number of primary amides is 1. The van der Waals surface area contributed by atoms with Crippen molar-refractivity contribution in [1.82, 2.24) is 4.98 Å². The minimum absolute atomic E-state index is 0.0154. The van der Waals surface area contributed by atoms with E-state index in [0.29, 0.717) is 22.2 Å². The number of thioether (sulfide) groups is 1. The van der Waals surface area contributed by atoms with Crippen LogP contribution in [0.15, 0.2) is 41.6 Å². The third-order valence-electron chi connectivity index (χ3n) is 3.33. The molecule has 0 bridgehead atoms. The maximum atomic E-state index is 12.2. The first-order valence-corrected chi connectivity index (χ1v) is 8.74. The number of hydrogen-bond acceptors (Lipinski definition) is 8. The molecule has 27 heavy (non-hydrogen) atoms. The van der Waals surface area contributed by atoms with Crippen molar-refractivity contribution in [2.24, 2.45) is 5.73 Å². The lowest BCUT2D eigenvalue weighted by Crippen LogP contribution is -2.21. The van der Waals surface area contributed by atoms with Gasteiger partial charge in [0.2, 0.25) is 12.7 Å². The van der Waals surface area contributed by atoms with Gasteiger partial charge in [-0.25, -0.2) is 9.78 Å². The highest BCUT2D eigenvalue weighted by Crippen LogP contribution is 2.34. The predicted octanol–water partition coefficient (Wildman–Crippen LogP) is 1.18. The standard InChI is InChI=1S/C17H15N3O6S/c18-14(21)7-24-17(23)11-2-1-5-19-16(11)27-8-15(22)20-10-3-4-12-13(6-10)26-9-25-12/h1-6H,7-9H2,(H2,18,21)(H,20,22). The molecule has 0 fully saturated rings. The van der Waals surface area contributed by atoms with E-state index in [1.807, 2.05) is 0 Å². The fourth-order valence-corrected chi connectivity index (χ4v) is 2.96. The van der Waals surface area contributed by atoms with Gasteiger partial charge in [-0.15, -0.1) is 0 Å². The van der Waals surface area contributed by atoms with Gasteiger partial charge in [-0.1, -0.05) is 11.8 Å². The molecule has 0 unspecified atom stereocenters. The first-order valence-electron chi connectivity index (χ1n) is 7.75. The number of esters is 1. The second kappa shape index (κ2) is 8.41. The average Bonchev–Trinajstić information content (AvgIpc) is 3.12. The van der Waals surface area contributed by atoms with Crippen molar-refractivity contribution in [3.05, 3.63) is 42.1 Å². The molecule has 140 valence electrons. The summed E-state index contributed by atoms with van der Waals surface area (Å²) in [6, 6.07) is 8.12. The zero-order valence-corrected chi connectivity index (χ0v) is 14.8. The fraction of sp³-hybridized carbons (Fsp3) is 0.176. The number of pyridine rings is 1. The summed E-state index contributed by atoms with van der Waals surface area (Å²) < 4.78 is 15.3. The molecule has 0 saturated carbocycles. The average molecular weight is 389 g/mol. The minimum atomic E-state index is -0.760. The van der Waals surface area contributed by atoms with Gasteiger partial charge in [0.1, 0.15) is 5.03 Å². The van der Waals surface area contributed by atoms with E-state index >= 15 is 0 Å². The lowest BCUT2D eigenvalue weighted by Gasteiger charge is -2.08. The number of amides is 2. The van der Waals surface area contributed by atoms with E-state index in [4.69, 9.17) is 19.9 Å². The summed E-state index contributed by atoms with van der Waals surface area (Å²) in [6.45, 7) is -0.376. The molecule has 2 aromatic rings. The highest BCUT2D eigenvalue weighted by Gasteiger charge is 2.17. The molecule has 3 N–H and O–H groups in total. The Morgan fingerprint density at radius 3 is 2.85 bits per heavy atom. The lowest BCUT2D eigenvalue weighted by molar-refractivity contribution is -0.121.